The SMILES string of the molecule is CCN(CCC(N)=NO)Cc1cc(OC)ccc1Br. The van der Waals surface area contributed by atoms with Crippen LogP contribution in [0.4, 0.5) is 0 Å². The van der Waals surface area contributed by atoms with E-state index in [0.29, 0.717) is 6.42 Å². The Hall–Kier alpha value is -1.27. The van der Waals surface area contributed by atoms with Crippen LogP contribution in [0.2, 0.25) is 0 Å². The largest absolute Gasteiger partial charge is 0.497 e. The molecule has 0 heterocycles. The Bertz CT molecular complexity index is 438. The van der Waals surface area contributed by atoms with Crippen molar-refractivity contribution in [2.45, 2.75) is 19.9 Å². The van der Waals surface area contributed by atoms with Crippen LogP contribution in [0.5, 0.6) is 5.75 Å². The third kappa shape index (κ3) is 5.08. The van der Waals surface area contributed by atoms with Crippen molar-refractivity contribution in [3.8, 4) is 5.75 Å². The molecule has 1 rings (SSSR count). The molecule has 106 valence electrons. The summed E-state index contributed by atoms with van der Waals surface area (Å²) in [6.07, 6.45) is 0.548. The molecule has 3 N–H and O–H groups in total. The fraction of sp³-hybridized carbons (Fsp3) is 0.462. The standard InChI is InChI=1S/C13H20BrN3O2/c1-3-17(7-6-13(15)16-18)9-10-8-11(19-2)4-5-12(10)14/h4-5,8,18H,3,6-7,9H2,1-2H3,(H2,15,16). The molecule has 0 aliphatic rings. The van der Waals surface area contributed by atoms with Gasteiger partial charge in [-0.15, -0.1) is 0 Å². The van der Waals surface area contributed by atoms with E-state index in [-0.39, 0.29) is 5.84 Å². The Balaban J connectivity index is 2.69. The number of halogens is 1. The predicted octanol–water partition coefficient (Wildman–Crippen LogP) is 2.42. The van der Waals surface area contributed by atoms with Crippen LogP contribution in [0, 0.1) is 0 Å². The van der Waals surface area contributed by atoms with E-state index in [1.54, 1.807) is 7.11 Å². The van der Waals surface area contributed by atoms with Crippen molar-refractivity contribution in [2.75, 3.05) is 20.2 Å². The van der Waals surface area contributed by atoms with E-state index in [1.165, 1.54) is 0 Å². The summed E-state index contributed by atoms with van der Waals surface area (Å²) in [6.45, 7) is 4.51. The second-order valence-electron chi connectivity index (χ2n) is 4.17. The average Bonchev–Trinajstić information content (AvgIpc) is 2.44. The maximum absolute atomic E-state index is 8.54. The van der Waals surface area contributed by atoms with Crippen LogP contribution >= 0.6 is 15.9 Å². The molecule has 6 heteroatoms. The maximum Gasteiger partial charge on any atom is 0.140 e. The second-order valence-corrected chi connectivity index (χ2v) is 5.02. The summed E-state index contributed by atoms with van der Waals surface area (Å²) in [5, 5.41) is 11.5. The van der Waals surface area contributed by atoms with Gasteiger partial charge in [-0.25, -0.2) is 0 Å². The van der Waals surface area contributed by atoms with E-state index in [2.05, 4.69) is 32.9 Å². The lowest BCUT2D eigenvalue weighted by molar-refractivity contribution is 0.282. The van der Waals surface area contributed by atoms with Gasteiger partial charge in [-0.2, -0.15) is 0 Å². The first-order chi connectivity index (χ1) is 9.10. The van der Waals surface area contributed by atoms with Gasteiger partial charge in [0.25, 0.3) is 0 Å². The Morgan fingerprint density at radius 3 is 2.84 bits per heavy atom. The van der Waals surface area contributed by atoms with Crippen molar-refractivity contribution < 1.29 is 9.94 Å². The van der Waals surface area contributed by atoms with Crippen LogP contribution in [0.15, 0.2) is 27.8 Å². The van der Waals surface area contributed by atoms with Crippen LogP contribution in [0.3, 0.4) is 0 Å². The van der Waals surface area contributed by atoms with Gasteiger partial charge in [-0.3, -0.25) is 4.90 Å². The minimum Gasteiger partial charge on any atom is -0.497 e. The topological polar surface area (TPSA) is 71.1 Å². The molecule has 0 radical (unpaired) electrons. The van der Waals surface area contributed by atoms with E-state index < -0.39 is 0 Å². The third-order valence-electron chi connectivity index (χ3n) is 2.91. The summed E-state index contributed by atoms with van der Waals surface area (Å²) in [5.74, 6) is 1.09. The van der Waals surface area contributed by atoms with Gasteiger partial charge in [-0.1, -0.05) is 28.0 Å². The minimum atomic E-state index is 0.253. The minimum absolute atomic E-state index is 0.253. The van der Waals surface area contributed by atoms with E-state index in [9.17, 15) is 0 Å². The zero-order valence-corrected chi connectivity index (χ0v) is 12.9. The summed E-state index contributed by atoms with van der Waals surface area (Å²) in [4.78, 5) is 2.22. The number of nitrogens with two attached hydrogens (primary N) is 1. The van der Waals surface area contributed by atoms with Crippen molar-refractivity contribution in [3.63, 3.8) is 0 Å². The molecule has 0 atom stereocenters. The first kappa shape index (κ1) is 15.8. The molecule has 19 heavy (non-hydrogen) atoms. The zero-order valence-electron chi connectivity index (χ0n) is 11.3. The number of ether oxygens (including phenoxy) is 1. The van der Waals surface area contributed by atoms with Gasteiger partial charge in [-0.05, 0) is 30.3 Å². The normalized spacial score (nSPS) is 11.9. The van der Waals surface area contributed by atoms with Crippen molar-refractivity contribution in [1.82, 2.24) is 4.90 Å². The molecule has 0 saturated heterocycles. The van der Waals surface area contributed by atoms with Gasteiger partial charge in [0.15, 0.2) is 0 Å². The average molecular weight is 330 g/mol. The second kappa shape index (κ2) is 8.01. The summed E-state index contributed by atoms with van der Waals surface area (Å²) in [5.41, 5.74) is 6.64. The molecule has 0 saturated carbocycles. The van der Waals surface area contributed by atoms with Crippen molar-refractivity contribution in [2.24, 2.45) is 10.9 Å². The van der Waals surface area contributed by atoms with E-state index in [4.69, 9.17) is 15.7 Å². The molecule has 0 aromatic heterocycles. The van der Waals surface area contributed by atoms with Crippen LogP contribution in [0.25, 0.3) is 0 Å². The summed E-state index contributed by atoms with van der Waals surface area (Å²) < 4.78 is 6.28. The number of benzene rings is 1. The van der Waals surface area contributed by atoms with Gasteiger partial charge in [0, 0.05) is 24.0 Å². The van der Waals surface area contributed by atoms with Gasteiger partial charge < -0.3 is 15.7 Å². The Morgan fingerprint density at radius 1 is 1.53 bits per heavy atom. The van der Waals surface area contributed by atoms with Crippen molar-refractivity contribution in [3.05, 3.63) is 28.2 Å². The highest BCUT2D eigenvalue weighted by Crippen LogP contribution is 2.23. The fourth-order valence-electron chi connectivity index (χ4n) is 1.71. The smallest absolute Gasteiger partial charge is 0.140 e. The molecule has 0 aliphatic heterocycles. The molecule has 0 aliphatic carbocycles. The zero-order chi connectivity index (χ0) is 14.3. The number of hydrogen-bond acceptors (Lipinski definition) is 4. The third-order valence-corrected chi connectivity index (χ3v) is 3.68. The first-order valence-electron chi connectivity index (χ1n) is 6.11. The number of oxime groups is 1. The van der Waals surface area contributed by atoms with Gasteiger partial charge in [0.05, 0.1) is 7.11 Å². The number of rotatable bonds is 7. The molecule has 0 unspecified atom stereocenters. The molecule has 0 fully saturated rings. The van der Waals surface area contributed by atoms with Gasteiger partial charge >= 0.3 is 0 Å². The molecule has 1 aromatic carbocycles. The first-order valence-corrected chi connectivity index (χ1v) is 6.91. The lowest BCUT2D eigenvalue weighted by Crippen LogP contribution is -2.28. The number of amidine groups is 1. The quantitative estimate of drug-likeness (QED) is 0.349. The van der Waals surface area contributed by atoms with Crippen LogP contribution in [0.1, 0.15) is 18.9 Å². The molecule has 0 amide bonds. The highest BCUT2D eigenvalue weighted by Gasteiger charge is 2.09. The summed E-state index contributed by atoms with van der Waals surface area (Å²) in [6, 6.07) is 5.90. The molecular weight excluding hydrogens is 310 g/mol. The van der Waals surface area contributed by atoms with E-state index >= 15 is 0 Å². The molecule has 0 bridgehead atoms. The summed E-state index contributed by atoms with van der Waals surface area (Å²) >= 11 is 3.54. The number of nitrogens with zero attached hydrogens (tertiary/aromatic N) is 2. The molecule has 0 spiro atoms. The van der Waals surface area contributed by atoms with Crippen LogP contribution in [-0.2, 0) is 6.54 Å². The van der Waals surface area contributed by atoms with Crippen LogP contribution in [-0.4, -0.2) is 36.1 Å². The molecule has 5 nitrogen and oxygen atoms in total. The highest BCUT2D eigenvalue weighted by molar-refractivity contribution is 9.10. The highest BCUT2D eigenvalue weighted by atomic mass is 79.9. The van der Waals surface area contributed by atoms with E-state index in [0.717, 1.165) is 35.4 Å². The Labute approximate surface area is 122 Å². The molecular formula is C13H20BrN3O2. The van der Waals surface area contributed by atoms with Gasteiger partial charge in [0.1, 0.15) is 11.6 Å². The fourth-order valence-corrected chi connectivity index (χ4v) is 2.08. The maximum atomic E-state index is 8.54. The Kier molecular flexibility index (Phi) is 6.66. The van der Waals surface area contributed by atoms with E-state index in [1.807, 2.05) is 18.2 Å². The Morgan fingerprint density at radius 2 is 2.26 bits per heavy atom. The van der Waals surface area contributed by atoms with Crippen molar-refractivity contribution >= 4 is 21.8 Å². The van der Waals surface area contributed by atoms with Gasteiger partial charge in [0.2, 0.25) is 0 Å². The van der Waals surface area contributed by atoms with Crippen molar-refractivity contribution in [1.29, 1.82) is 0 Å². The lowest BCUT2D eigenvalue weighted by Gasteiger charge is -2.21. The summed E-state index contributed by atoms with van der Waals surface area (Å²) in [7, 11) is 1.66. The monoisotopic (exact) mass is 329 g/mol. The number of methoxy groups -OCH3 is 1. The van der Waals surface area contributed by atoms with Crippen LogP contribution < -0.4 is 10.5 Å². The number of hydrogen-bond donors (Lipinski definition) is 2. The predicted molar refractivity (Wildman–Crippen MR) is 79.7 cm³/mol. The lowest BCUT2D eigenvalue weighted by atomic mass is 10.2. The molecule has 1 aromatic rings.